The van der Waals surface area contributed by atoms with Gasteiger partial charge in [-0.25, -0.2) is 9.97 Å². The standard InChI is InChI=1S/C29H31N7S.C2H6/c1-6-8-22(25-13-10-18(2)37-25)26-19(3)31-29(33-26)28-27-24(34-35-28)12-11-23(32-27)21-15-20(16-30-17-21)9-7-14-36(4)5;1-2/h6,8,10-13,15-17H,1,7,9,14H2,2-5H3,(H,31,33)(H,34,35);1-2H3/b22-8-;. The van der Waals surface area contributed by atoms with Crippen molar-refractivity contribution in [1.29, 1.82) is 0 Å². The molecule has 7 nitrogen and oxygen atoms in total. The summed E-state index contributed by atoms with van der Waals surface area (Å²) < 4.78 is 0. The Morgan fingerprint density at radius 3 is 2.62 bits per heavy atom. The quantitative estimate of drug-likeness (QED) is 0.193. The van der Waals surface area contributed by atoms with Crippen LogP contribution in [0.25, 0.3) is 39.4 Å². The second-order valence-electron chi connectivity index (χ2n) is 9.44. The zero-order valence-corrected chi connectivity index (χ0v) is 24.5. The molecule has 0 aromatic carbocycles. The molecule has 5 aromatic heterocycles. The van der Waals surface area contributed by atoms with E-state index in [1.807, 2.05) is 51.4 Å². The number of aromatic amines is 2. The summed E-state index contributed by atoms with van der Waals surface area (Å²) in [6.45, 7) is 13.1. The summed E-state index contributed by atoms with van der Waals surface area (Å²) in [6.07, 6.45) is 9.70. The van der Waals surface area contributed by atoms with Crippen molar-refractivity contribution >= 4 is 27.9 Å². The van der Waals surface area contributed by atoms with Gasteiger partial charge in [-0.15, -0.1) is 11.3 Å². The summed E-state index contributed by atoms with van der Waals surface area (Å²) in [5.41, 5.74) is 8.30. The first-order valence-corrected chi connectivity index (χ1v) is 14.2. The summed E-state index contributed by atoms with van der Waals surface area (Å²) in [6, 6.07) is 10.5. The highest BCUT2D eigenvalue weighted by atomic mass is 32.1. The van der Waals surface area contributed by atoms with E-state index in [0.29, 0.717) is 11.5 Å². The zero-order chi connectivity index (χ0) is 27.9. The van der Waals surface area contributed by atoms with Crippen LogP contribution >= 0.6 is 11.3 Å². The number of H-pyrrole nitrogens is 2. The average Bonchev–Trinajstić information content (AvgIpc) is 3.66. The molecule has 0 unspecified atom stereocenters. The third kappa shape index (κ3) is 6.41. The van der Waals surface area contributed by atoms with Gasteiger partial charge in [0.2, 0.25) is 0 Å². The van der Waals surface area contributed by atoms with Crippen LogP contribution in [0.4, 0.5) is 0 Å². The molecule has 0 aliphatic heterocycles. The first kappa shape index (κ1) is 28.1. The number of pyridine rings is 2. The molecule has 5 aromatic rings. The number of imidazole rings is 1. The highest BCUT2D eigenvalue weighted by molar-refractivity contribution is 7.13. The van der Waals surface area contributed by atoms with Crippen molar-refractivity contribution in [2.75, 3.05) is 20.6 Å². The maximum atomic E-state index is 4.98. The molecule has 0 atom stereocenters. The summed E-state index contributed by atoms with van der Waals surface area (Å²) in [7, 11) is 4.19. The van der Waals surface area contributed by atoms with Crippen LogP contribution in [0.2, 0.25) is 0 Å². The van der Waals surface area contributed by atoms with E-state index in [1.54, 1.807) is 17.4 Å². The fraction of sp³-hybridized carbons (Fsp3) is 0.290. The van der Waals surface area contributed by atoms with Gasteiger partial charge in [0, 0.05) is 39.0 Å². The van der Waals surface area contributed by atoms with Crippen LogP contribution in [0.3, 0.4) is 0 Å². The SMILES string of the molecule is C=C/C=C(/c1ccc(C)s1)c1nc(-c2n[nH]c3ccc(-c4cncc(CCCN(C)C)c4)nc23)[nH]c1C.CC. The number of fused-ring (bicyclic) bond motifs is 1. The maximum absolute atomic E-state index is 4.98. The van der Waals surface area contributed by atoms with Crippen molar-refractivity contribution in [2.45, 2.75) is 40.5 Å². The van der Waals surface area contributed by atoms with E-state index in [4.69, 9.17) is 9.97 Å². The van der Waals surface area contributed by atoms with E-state index in [0.717, 1.165) is 63.5 Å². The molecule has 0 saturated heterocycles. The van der Waals surface area contributed by atoms with Crippen LogP contribution in [-0.4, -0.2) is 55.7 Å². The van der Waals surface area contributed by atoms with E-state index in [1.165, 1.54) is 10.4 Å². The summed E-state index contributed by atoms with van der Waals surface area (Å²) in [5.74, 6) is 0.683. The molecular formula is C31H37N7S. The smallest absolute Gasteiger partial charge is 0.161 e. The van der Waals surface area contributed by atoms with E-state index >= 15 is 0 Å². The van der Waals surface area contributed by atoms with Crippen molar-refractivity contribution < 1.29 is 0 Å². The lowest BCUT2D eigenvalue weighted by atomic mass is 10.1. The number of allylic oxidation sites excluding steroid dienone is 2. The van der Waals surface area contributed by atoms with Gasteiger partial charge >= 0.3 is 0 Å². The number of aromatic nitrogens is 6. The van der Waals surface area contributed by atoms with E-state index in [9.17, 15) is 0 Å². The van der Waals surface area contributed by atoms with Crippen molar-refractivity contribution in [1.82, 2.24) is 35.0 Å². The topological polar surface area (TPSA) is 86.4 Å². The summed E-state index contributed by atoms with van der Waals surface area (Å²) >= 11 is 1.74. The van der Waals surface area contributed by atoms with Gasteiger partial charge in [0.25, 0.3) is 0 Å². The van der Waals surface area contributed by atoms with Gasteiger partial charge in [0.05, 0.1) is 16.9 Å². The molecule has 0 aliphatic rings. The van der Waals surface area contributed by atoms with Gasteiger partial charge in [-0.2, -0.15) is 5.10 Å². The third-order valence-corrected chi connectivity index (χ3v) is 7.26. The molecule has 0 radical (unpaired) electrons. The molecule has 5 rings (SSSR count). The van der Waals surface area contributed by atoms with Gasteiger partial charge in [-0.05, 0) is 83.2 Å². The normalized spacial score (nSPS) is 11.6. The Labute approximate surface area is 234 Å². The number of rotatable bonds is 9. The van der Waals surface area contributed by atoms with Crippen LogP contribution in [0.15, 0.2) is 61.5 Å². The lowest BCUT2D eigenvalue weighted by Crippen LogP contribution is -2.13. The molecule has 0 aliphatic carbocycles. The molecule has 5 heterocycles. The fourth-order valence-corrected chi connectivity index (χ4v) is 5.29. The minimum absolute atomic E-state index is 0.683. The van der Waals surface area contributed by atoms with Crippen molar-refractivity contribution in [3.8, 4) is 22.8 Å². The molecule has 2 N–H and O–H groups in total. The lowest BCUT2D eigenvalue weighted by Gasteiger charge is -2.09. The third-order valence-electron chi connectivity index (χ3n) is 6.22. The Kier molecular flexibility index (Phi) is 9.22. The van der Waals surface area contributed by atoms with Gasteiger partial charge in [0.1, 0.15) is 5.52 Å². The number of nitrogens with one attached hydrogen (secondary N) is 2. The minimum Gasteiger partial charge on any atom is -0.340 e. The monoisotopic (exact) mass is 539 g/mol. The largest absolute Gasteiger partial charge is 0.340 e. The first-order valence-electron chi connectivity index (χ1n) is 13.3. The van der Waals surface area contributed by atoms with Crippen LogP contribution in [-0.2, 0) is 6.42 Å². The van der Waals surface area contributed by atoms with Gasteiger partial charge in [-0.1, -0.05) is 32.6 Å². The van der Waals surface area contributed by atoms with Crippen LogP contribution in [0, 0.1) is 13.8 Å². The molecule has 39 heavy (non-hydrogen) atoms. The lowest BCUT2D eigenvalue weighted by molar-refractivity contribution is 0.400. The molecule has 8 heteroatoms. The molecule has 0 amide bonds. The summed E-state index contributed by atoms with van der Waals surface area (Å²) in [5, 5.41) is 7.68. The molecule has 202 valence electrons. The highest BCUT2D eigenvalue weighted by Gasteiger charge is 2.19. The van der Waals surface area contributed by atoms with Crippen LogP contribution < -0.4 is 0 Å². The molecule has 0 fully saturated rings. The van der Waals surface area contributed by atoms with Crippen molar-refractivity contribution in [3.05, 3.63) is 88.2 Å². The molecule has 0 spiro atoms. The Hall–Kier alpha value is -3.88. The maximum Gasteiger partial charge on any atom is 0.161 e. The van der Waals surface area contributed by atoms with Gasteiger partial charge in [0.15, 0.2) is 11.5 Å². The number of hydrogen-bond donors (Lipinski definition) is 2. The summed E-state index contributed by atoms with van der Waals surface area (Å²) in [4.78, 5) is 22.5. The van der Waals surface area contributed by atoms with Crippen LogP contribution in [0.5, 0.6) is 0 Å². The van der Waals surface area contributed by atoms with Crippen molar-refractivity contribution in [2.24, 2.45) is 0 Å². The highest BCUT2D eigenvalue weighted by Crippen LogP contribution is 2.33. The number of thiophene rings is 1. The Bertz CT molecular complexity index is 1590. The second kappa shape index (κ2) is 12.8. The minimum atomic E-state index is 0.683. The van der Waals surface area contributed by atoms with E-state index in [2.05, 4.69) is 70.9 Å². The van der Waals surface area contributed by atoms with E-state index in [-0.39, 0.29) is 0 Å². The van der Waals surface area contributed by atoms with E-state index < -0.39 is 0 Å². The second-order valence-corrected chi connectivity index (χ2v) is 10.7. The predicted molar refractivity (Wildman–Crippen MR) is 164 cm³/mol. The van der Waals surface area contributed by atoms with Gasteiger partial charge < -0.3 is 9.88 Å². The Morgan fingerprint density at radius 2 is 1.90 bits per heavy atom. The average molecular weight is 540 g/mol. The number of nitrogens with zero attached hydrogens (tertiary/aromatic N) is 5. The zero-order valence-electron chi connectivity index (χ0n) is 23.7. The molecule has 0 saturated carbocycles. The number of aryl methyl sites for hydroxylation is 3. The van der Waals surface area contributed by atoms with Crippen molar-refractivity contribution in [3.63, 3.8) is 0 Å². The Morgan fingerprint density at radius 1 is 1.08 bits per heavy atom. The molecule has 0 bridgehead atoms. The first-order chi connectivity index (χ1) is 18.9. The number of hydrogen-bond acceptors (Lipinski definition) is 6. The Balaban J connectivity index is 0.00000172. The van der Waals surface area contributed by atoms with Gasteiger partial charge in [-0.3, -0.25) is 10.1 Å². The predicted octanol–water partition coefficient (Wildman–Crippen LogP) is 7.23. The molecular weight excluding hydrogens is 502 g/mol. The van der Waals surface area contributed by atoms with Crippen LogP contribution in [0.1, 0.15) is 47.0 Å². The fourth-order valence-electron chi connectivity index (χ4n) is 4.40.